The second-order valence-electron chi connectivity index (χ2n) is 7.24. The van der Waals surface area contributed by atoms with Gasteiger partial charge in [0.25, 0.3) is 0 Å². The normalized spacial score (nSPS) is 18.4. The number of hydrogen-bond donors (Lipinski definition) is 1. The zero-order valence-corrected chi connectivity index (χ0v) is 19.1. The Bertz CT molecular complexity index is 650. The van der Waals surface area contributed by atoms with Crippen LogP contribution in [0.3, 0.4) is 0 Å². The molecule has 152 valence electrons. The molecule has 0 aromatic heterocycles. The Labute approximate surface area is 179 Å². The molecule has 0 bridgehead atoms. The molecule has 1 saturated carbocycles. The van der Waals surface area contributed by atoms with Crippen LogP contribution in [0, 0.1) is 5.92 Å². The van der Waals surface area contributed by atoms with Gasteiger partial charge < -0.3 is 24.4 Å². The lowest BCUT2D eigenvalue weighted by molar-refractivity contribution is 0.115. The van der Waals surface area contributed by atoms with E-state index in [9.17, 15) is 0 Å². The molecule has 1 aliphatic heterocycles. The molecular weight excluding hydrogens is 457 g/mol. The lowest BCUT2D eigenvalue weighted by atomic mass is 10.1. The van der Waals surface area contributed by atoms with Gasteiger partial charge in [0.15, 0.2) is 5.96 Å². The first-order valence-corrected chi connectivity index (χ1v) is 9.46. The van der Waals surface area contributed by atoms with E-state index in [0.29, 0.717) is 6.54 Å². The summed E-state index contributed by atoms with van der Waals surface area (Å²) in [5.41, 5.74) is 2.28. The summed E-state index contributed by atoms with van der Waals surface area (Å²) >= 11 is 0. The maximum Gasteiger partial charge on any atom is 0.193 e. The van der Waals surface area contributed by atoms with Gasteiger partial charge in [0, 0.05) is 51.3 Å². The number of halogens is 1. The molecule has 27 heavy (non-hydrogen) atoms. The zero-order chi connectivity index (χ0) is 18.5. The highest BCUT2D eigenvalue weighted by Crippen LogP contribution is 2.35. The third-order valence-corrected chi connectivity index (χ3v) is 4.93. The lowest BCUT2D eigenvalue weighted by Gasteiger charge is -2.22. The number of ether oxygens (including phenoxy) is 3. The average Bonchev–Trinajstić information content (AvgIpc) is 3.38. The van der Waals surface area contributed by atoms with Crippen LogP contribution >= 0.6 is 24.0 Å². The van der Waals surface area contributed by atoms with Crippen molar-refractivity contribution in [3.05, 3.63) is 23.3 Å². The number of likely N-dealkylation sites (N-methyl/N-ethyl adjacent to an activating group) is 1. The fraction of sp³-hybridized carbons (Fsp3) is 0.650. The van der Waals surface area contributed by atoms with Crippen LogP contribution in [0.4, 0.5) is 0 Å². The summed E-state index contributed by atoms with van der Waals surface area (Å²) in [7, 11) is 5.54. The van der Waals surface area contributed by atoms with Crippen molar-refractivity contribution < 1.29 is 14.2 Å². The lowest BCUT2D eigenvalue weighted by Crippen LogP contribution is -2.40. The average molecular weight is 489 g/mol. The zero-order valence-electron chi connectivity index (χ0n) is 16.8. The molecule has 6 nitrogen and oxygen atoms in total. The summed E-state index contributed by atoms with van der Waals surface area (Å²) in [6.07, 6.45) is 3.81. The highest BCUT2D eigenvalue weighted by molar-refractivity contribution is 14.0. The van der Waals surface area contributed by atoms with Crippen molar-refractivity contribution in [2.45, 2.75) is 38.8 Å². The monoisotopic (exact) mass is 489 g/mol. The number of hydrogen-bond acceptors (Lipinski definition) is 4. The van der Waals surface area contributed by atoms with Gasteiger partial charge in [0.1, 0.15) is 17.6 Å². The van der Waals surface area contributed by atoms with E-state index in [0.717, 1.165) is 55.1 Å². The second kappa shape index (κ2) is 10.4. The smallest absolute Gasteiger partial charge is 0.193 e. The summed E-state index contributed by atoms with van der Waals surface area (Å²) in [6.45, 7) is 5.15. The molecule has 1 fully saturated rings. The maximum absolute atomic E-state index is 5.88. The fourth-order valence-electron chi connectivity index (χ4n) is 3.21. The topological polar surface area (TPSA) is 55.3 Å². The SMILES string of the molecule is CN=C(NCc1cc2c(cc1OC)CC(C)O2)N(C)CCOCC1CC1.I. The Balaban J connectivity index is 0.00000261. The Morgan fingerprint density at radius 3 is 2.81 bits per heavy atom. The molecule has 7 heteroatoms. The largest absolute Gasteiger partial charge is 0.496 e. The van der Waals surface area contributed by atoms with Crippen molar-refractivity contribution in [3.63, 3.8) is 0 Å². The highest BCUT2D eigenvalue weighted by Gasteiger charge is 2.22. The minimum atomic E-state index is 0. The molecule has 1 N–H and O–H groups in total. The molecule has 0 spiro atoms. The molecule has 0 saturated heterocycles. The summed E-state index contributed by atoms with van der Waals surface area (Å²) < 4.78 is 17.2. The molecular formula is C20H32IN3O3. The van der Waals surface area contributed by atoms with E-state index in [1.807, 2.05) is 7.05 Å². The van der Waals surface area contributed by atoms with E-state index in [-0.39, 0.29) is 30.1 Å². The summed E-state index contributed by atoms with van der Waals surface area (Å²) in [5.74, 6) is 3.50. The van der Waals surface area contributed by atoms with Crippen molar-refractivity contribution in [1.82, 2.24) is 10.2 Å². The number of rotatable bonds is 8. The molecule has 1 aliphatic carbocycles. The molecule has 1 unspecified atom stereocenters. The number of guanidine groups is 1. The first kappa shape index (κ1) is 22.1. The predicted octanol–water partition coefficient (Wildman–Crippen LogP) is 3.07. The molecule has 0 radical (unpaired) electrons. The molecule has 1 aromatic carbocycles. The van der Waals surface area contributed by atoms with Crippen LogP contribution in [-0.2, 0) is 17.7 Å². The van der Waals surface area contributed by atoms with Crippen molar-refractivity contribution in [2.24, 2.45) is 10.9 Å². The van der Waals surface area contributed by atoms with Crippen molar-refractivity contribution in [1.29, 1.82) is 0 Å². The Hall–Kier alpha value is -1.22. The molecule has 0 amide bonds. The van der Waals surface area contributed by atoms with Gasteiger partial charge in [-0.3, -0.25) is 4.99 Å². The van der Waals surface area contributed by atoms with Gasteiger partial charge in [0.05, 0.1) is 13.7 Å². The second-order valence-corrected chi connectivity index (χ2v) is 7.24. The van der Waals surface area contributed by atoms with Crippen LogP contribution < -0.4 is 14.8 Å². The minimum absolute atomic E-state index is 0. The number of nitrogens with zero attached hydrogens (tertiary/aromatic N) is 2. The molecule has 1 aromatic rings. The van der Waals surface area contributed by atoms with Gasteiger partial charge in [0.2, 0.25) is 0 Å². The van der Waals surface area contributed by atoms with Crippen LogP contribution in [0.25, 0.3) is 0 Å². The van der Waals surface area contributed by atoms with Gasteiger partial charge in [-0.2, -0.15) is 0 Å². The van der Waals surface area contributed by atoms with E-state index >= 15 is 0 Å². The molecule has 1 atom stereocenters. The molecule has 2 aliphatic rings. The fourth-order valence-corrected chi connectivity index (χ4v) is 3.21. The third-order valence-electron chi connectivity index (χ3n) is 4.93. The maximum atomic E-state index is 5.88. The standard InChI is InChI=1S/C20H31N3O3.HI/c1-14-9-16-10-18(24-4)17(11-19(16)26-14)12-22-20(21-2)23(3)7-8-25-13-15-5-6-15;/h10-11,14-15H,5-9,12-13H2,1-4H3,(H,21,22);1H. The predicted molar refractivity (Wildman–Crippen MR) is 119 cm³/mol. The first-order chi connectivity index (χ1) is 12.6. The van der Waals surface area contributed by atoms with Crippen molar-refractivity contribution in [2.75, 3.05) is 41.0 Å². The Morgan fingerprint density at radius 2 is 2.15 bits per heavy atom. The van der Waals surface area contributed by atoms with Crippen LogP contribution in [-0.4, -0.2) is 57.9 Å². The van der Waals surface area contributed by atoms with Crippen LogP contribution in [0.1, 0.15) is 30.9 Å². The molecule has 1 heterocycles. The quantitative estimate of drug-likeness (QED) is 0.263. The van der Waals surface area contributed by atoms with E-state index in [1.54, 1.807) is 14.2 Å². The van der Waals surface area contributed by atoms with Gasteiger partial charge in [-0.05, 0) is 37.8 Å². The Morgan fingerprint density at radius 1 is 1.37 bits per heavy atom. The van der Waals surface area contributed by atoms with Gasteiger partial charge in [-0.1, -0.05) is 0 Å². The summed E-state index contributed by atoms with van der Waals surface area (Å²) in [4.78, 5) is 6.46. The highest BCUT2D eigenvalue weighted by atomic mass is 127. The Kier molecular flexibility index (Phi) is 8.47. The van der Waals surface area contributed by atoms with Crippen molar-refractivity contribution in [3.8, 4) is 11.5 Å². The van der Waals surface area contributed by atoms with E-state index < -0.39 is 0 Å². The summed E-state index contributed by atoms with van der Waals surface area (Å²) in [6, 6.07) is 4.17. The van der Waals surface area contributed by atoms with Gasteiger partial charge >= 0.3 is 0 Å². The number of benzene rings is 1. The minimum Gasteiger partial charge on any atom is -0.496 e. The van der Waals surface area contributed by atoms with Crippen molar-refractivity contribution >= 4 is 29.9 Å². The number of fused-ring (bicyclic) bond motifs is 1. The number of nitrogens with one attached hydrogen (secondary N) is 1. The third kappa shape index (κ3) is 6.14. The van der Waals surface area contributed by atoms with E-state index in [4.69, 9.17) is 14.2 Å². The summed E-state index contributed by atoms with van der Waals surface area (Å²) in [5, 5.41) is 3.41. The van der Waals surface area contributed by atoms with Crippen LogP contribution in [0.5, 0.6) is 11.5 Å². The van der Waals surface area contributed by atoms with Crippen LogP contribution in [0.2, 0.25) is 0 Å². The van der Waals surface area contributed by atoms with Gasteiger partial charge in [-0.25, -0.2) is 0 Å². The first-order valence-electron chi connectivity index (χ1n) is 9.46. The van der Waals surface area contributed by atoms with Crippen LogP contribution in [0.15, 0.2) is 17.1 Å². The molecule has 3 rings (SSSR count). The van der Waals surface area contributed by atoms with E-state index in [1.165, 1.54) is 18.4 Å². The number of aliphatic imine (C=N–C) groups is 1. The number of methoxy groups -OCH3 is 1. The van der Waals surface area contributed by atoms with Gasteiger partial charge in [-0.15, -0.1) is 24.0 Å². The van der Waals surface area contributed by atoms with E-state index in [2.05, 4.69) is 34.3 Å².